The lowest BCUT2D eigenvalue weighted by Crippen LogP contribution is -2.83. The highest BCUT2D eigenvalue weighted by Crippen LogP contribution is 2.28. The lowest BCUT2D eigenvalue weighted by Gasteiger charge is -2.15. The molecule has 4 rings (SSSR count). The zero-order valence-corrected chi connectivity index (χ0v) is 11.8. The van der Waals surface area contributed by atoms with Gasteiger partial charge in [0.15, 0.2) is 17.7 Å². The summed E-state index contributed by atoms with van der Waals surface area (Å²) in [6.07, 6.45) is 1.97. The predicted octanol–water partition coefficient (Wildman–Crippen LogP) is 2.92. The van der Waals surface area contributed by atoms with E-state index in [0.717, 1.165) is 24.0 Å². The fourth-order valence-corrected chi connectivity index (χ4v) is 3.20. The number of nitrogens with two attached hydrogens (primary N) is 1. The van der Waals surface area contributed by atoms with Gasteiger partial charge in [-0.15, -0.1) is 0 Å². The molecule has 1 aliphatic rings. The Labute approximate surface area is 127 Å². The van der Waals surface area contributed by atoms with E-state index in [1.807, 2.05) is 30.5 Å². The van der Waals surface area contributed by atoms with E-state index in [-0.39, 0.29) is 6.04 Å². The van der Waals surface area contributed by atoms with Crippen LogP contribution in [0.25, 0.3) is 5.69 Å². The summed E-state index contributed by atoms with van der Waals surface area (Å²) in [5.74, 6) is -1.56. The molecule has 1 unspecified atom stereocenters. The van der Waals surface area contributed by atoms with Crippen LogP contribution in [0.5, 0.6) is 0 Å². The second-order valence-electron chi connectivity index (χ2n) is 5.49. The van der Waals surface area contributed by atoms with Gasteiger partial charge in [-0.25, -0.2) is 8.78 Å². The van der Waals surface area contributed by atoms with Crippen molar-refractivity contribution in [1.29, 1.82) is 0 Å². The molecule has 0 radical (unpaired) electrons. The van der Waals surface area contributed by atoms with Gasteiger partial charge in [-0.1, -0.05) is 24.3 Å². The standard InChI is InChI=1S/C18H14F2N2/c19-14-7-3-6-13(17(14)20)18-16-9-4-10-22(16)15-8-2-1-5-12(15)11-21-18/h1-10,18,21H,11H2/p+1. The van der Waals surface area contributed by atoms with Gasteiger partial charge >= 0.3 is 0 Å². The molecule has 1 atom stereocenters. The van der Waals surface area contributed by atoms with Gasteiger partial charge in [-0.3, -0.25) is 0 Å². The van der Waals surface area contributed by atoms with Crippen LogP contribution in [0, 0.1) is 11.6 Å². The molecule has 0 saturated carbocycles. The summed E-state index contributed by atoms with van der Waals surface area (Å²) in [5, 5.41) is 2.05. The first-order valence-electron chi connectivity index (χ1n) is 7.28. The summed E-state index contributed by atoms with van der Waals surface area (Å²) in [4.78, 5) is 0. The Morgan fingerprint density at radius 2 is 1.82 bits per heavy atom. The molecule has 2 N–H and O–H groups in total. The molecule has 0 fully saturated rings. The maximum atomic E-state index is 14.2. The molecule has 0 saturated heterocycles. The highest BCUT2D eigenvalue weighted by Gasteiger charge is 2.29. The molecule has 1 aliphatic heterocycles. The maximum absolute atomic E-state index is 14.2. The number of nitrogens with zero attached hydrogens (tertiary/aromatic N) is 1. The lowest BCUT2D eigenvalue weighted by atomic mass is 10.0. The molecule has 2 aromatic carbocycles. The average Bonchev–Trinajstić information content (AvgIpc) is 2.96. The number of para-hydroxylation sites is 1. The molecule has 0 bridgehead atoms. The first kappa shape index (κ1) is 13.2. The summed E-state index contributed by atoms with van der Waals surface area (Å²) < 4.78 is 29.9. The Bertz CT molecular complexity index is 839. The third-order valence-electron chi connectivity index (χ3n) is 4.24. The summed E-state index contributed by atoms with van der Waals surface area (Å²) in [6.45, 7) is 0.721. The second-order valence-corrected chi connectivity index (χ2v) is 5.49. The molecule has 0 amide bonds. The van der Waals surface area contributed by atoms with Crippen molar-refractivity contribution in [1.82, 2.24) is 4.57 Å². The van der Waals surface area contributed by atoms with Gasteiger partial charge in [0.1, 0.15) is 6.54 Å². The van der Waals surface area contributed by atoms with Gasteiger partial charge in [0.2, 0.25) is 0 Å². The number of halogens is 2. The molecule has 22 heavy (non-hydrogen) atoms. The molecular weight excluding hydrogens is 282 g/mol. The predicted molar refractivity (Wildman–Crippen MR) is 79.6 cm³/mol. The Kier molecular flexibility index (Phi) is 3.05. The van der Waals surface area contributed by atoms with Crippen LogP contribution in [0.1, 0.15) is 22.9 Å². The minimum absolute atomic E-state index is 0.266. The molecule has 0 spiro atoms. The summed E-state index contributed by atoms with van der Waals surface area (Å²) in [6, 6.07) is 16.1. The highest BCUT2D eigenvalue weighted by molar-refractivity contribution is 5.45. The van der Waals surface area contributed by atoms with Crippen molar-refractivity contribution in [2.75, 3.05) is 0 Å². The summed E-state index contributed by atoms with van der Waals surface area (Å²) >= 11 is 0. The van der Waals surface area contributed by atoms with Crippen molar-refractivity contribution in [2.24, 2.45) is 0 Å². The number of hydrogen-bond donors (Lipinski definition) is 1. The normalized spacial score (nSPS) is 16.7. The van der Waals surface area contributed by atoms with E-state index >= 15 is 0 Å². The van der Waals surface area contributed by atoms with Crippen molar-refractivity contribution >= 4 is 0 Å². The minimum Gasteiger partial charge on any atom is -0.331 e. The van der Waals surface area contributed by atoms with Crippen LogP contribution < -0.4 is 5.32 Å². The molecule has 0 aliphatic carbocycles. The topological polar surface area (TPSA) is 21.5 Å². The Balaban J connectivity index is 1.90. The molecule has 2 heterocycles. The largest absolute Gasteiger partial charge is 0.331 e. The molecule has 2 nitrogen and oxygen atoms in total. The van der Waals surface area contributed by atoms with Crippen molar-refractivity contribution < 1.29 is 14.1 Å². The summed E-state index contributed by atoms with van der Waals surface area (Å²) in [5.41, 5.74) is 3.61. The first-order chi connectivity index (χ1) is 10.8. The SMILES string of the molecule is Fc1cccc(C2[NH2+]Cc3ccccc3-n3cccc32)c1F. The Morgan fingerprint density at radius 1 is 0.955 bits per heavy atom. The quantitative estimate of drug-likeness (QED) is 0.713. The second kappa shape index (κ2) is 5.07. The molecule has 110 valence electrons. The molecular formula is C18H15F2N2+. The van der Waals surface area contributed by atoms with Crippen LogP contribution in [0.15, 0.2) is 60.8 Å². The molecule has 1 aromatic heterocycles. The minimum atomic E-state index is -0.800. The van der Waals surface area contributed by atoms with E-state index in [1.54, 1.807) is 12.1 Å². The highest BCUT2D eigenvalue weighted by atomic mass is 19.2. The fraction of sp³-hybridized carbons (Fsp3) is 0.111. The number of hydrogen-bond acceptors (Lipinski definition) is 0. The van der Waals surface area contributed by atoms with E-state index in [9.17, 15) is 8.78 Å². The van der Waals surface area contributed by atoms with Crippen LogP contribution >= 0.6 is 0 Å². The van der Waals surface area contributed by atoms with Crippen molar-refractivity contribution in [3.63, 3.8) is 0 Å². The van der Waals surface area contributed by atoms with E-state index in [1.165, 1.54) is 5.56 Å². The number of aromatic nitrogens is 1. The molecule has 4 heteroatoms. The van der Waals surface area contributed by atoms with Crippen LogP contribution in [-0.4, -0.2) is 4.57 Å². The third kappa shape index (κ3) is 1.96. The third-order valence-corrected chi connectivity index (χ3v) is 4.24. The van der Waals surface area contributed by atoms with Gasteiger partial charge in [0.25, 0.3) is 0 Å². The van der Waals surface area contributed by atoms with Gasteiger partial charge < -0.3 is 9.88 Å². The van der Waals surface area contributed by atoms with E-state index in [0.29, 0.717) is 5.56 Å². The monoisotopic (exact) mass is 297 g/mol. The van der Waals surface area contributed by atoms with Crippen LogP contribution in [0.2, 0.25) is 0 Å². The Morgan fingerprint density at radius 3 is 2.73 bits per heavy atom. The Hall–Kier alpha value is -2.46. The zero-order chi connectivity index (χ0) is 15.1. The summed E-state index contributed by atoms with van der Waals surface area (Å²) in [7, 11) is 0. The van der Waals surface area contributed by atoms with Crippen LogP contribution in [0.3, 0.4) is 0 Å². The average molecular weight is 297 g/mol. The number of fused-ring (bicyclic) bond motifs is 3. The van der Waals surface area contributed by atoms with E-state index in [2.05, 4.69) is 22.0 Å². The van der Waals surface area contributed by atoms with E-state index in [4.69, 9.17) is 0 Å². The van der Waals surface area contributed by atoms with Crippen molar-refractivity contribution in [3.05, 3.63) is 89.2 Å². The van der Waals surface area contributed by atoms with Gasteiger partial charge in [0, 0.05) is 11.8 Å². The maximum Gasteiger partial charge on any atom is 0.168 e. The van der Waals surface area contributed by atoms with Gasteiger partial charge in [-0.2, -0.15) is 0 Å². The van der Waals surface area contributed by atoms with Crippen LogP contribution in [0.4, 0.5) is 8.78 Å². The number of rotatable bonds is 1. The van der Waals surface area contributed by atoms with Crippen molar-refractivity contribution in [2.45, 2.75) is 12.6 Å². The van der Waals surface area contributed by atoms with Crippen LogP contribution in [-0.2, 0) is 6.54 Å². The smallest absolute Gasteiger partial charge is 0.168 e. The zero-order valence-electron chi connectivity index (χ0n) is 11.8. The van der Waals surface area contributed by atoms with Gasteiger partial charge in [-0.05, 0) is 30.3 Å². The fourth-order valence-electron chi connectivity index (χ4n) is 3.20. The first-order valence-corrected chi connectivity index (χ1v) is 7.28. The molecule has 3 aromatic rings. The van der Waals surface area contributed by atoms with Crippen molar-refractivity contribution in [3.8, 4) is 5.69 Å². The van der Waals surface area contributed by atoms with E-state index < -0.39 is 11.6 Å². The van der Waals surface area contributed by atoms with Gasteiger partial charge in [0.05, 0.1) is 16.9 Å². The number of quaternary nitrogens is 1. The number of benzene rings is 2. The lowest BCUT2D eigenvalue weighted by molar-refractivity contribution is -0.702.